The van der Waals surface area contributed by atoms with Crippen LogP contribution in [0.2, 0.25) is 0 Å². The minimum Gasteiger partial charge on any atom is -0.490 e. The number of benzene rings is 2. The molecule has 1 aliphatic heterocycles. The van der Waals surface area contributed by atoms with Crippen LogP contribution < -0.4 is 9.64 Å². The molecule has 0 spiro atoms. The molecule has 0 fully saturated rings. The first-order valence-electron chi connectivity index (χ1n) is 9.15. The first-order chi connectivity index (χ1) is 13.4. The number of anilines is 1. The number of rotatable bonds is 1. The third-order valence-corrected chi connectivity index (χ3v) is 4.96. The molecule has 0 aliphatic carbocycles. The van der Waals surface area contributed by atoms with Gasteiger partial charge >= 0.3 is 6.09 Å². The van der Waals surface area contributed by atoms with Gasteiger partial charge in [-0.05, 0) is 58.4 Å². The van der Waals surface area contributed by atoms with E-state index in [-0.39, 0.29) is 11.0 Å². The SMILES string of the molecule is CC(C)(C)OC(=O)N1CCOc2ccccc21.Cc1ccc(S(=O)(=O)O)c(C)c1. The lowest BCUT2D eigenvalue weighted by atomic mass is 10.2. The molecule has 3 rings (SSSR count). The lowest BCUT2D eigenvalue weighted by molar-refractivity contribution is 0.0567. The molecule has 0 atom stereocenters. The van der Waals surface area contributed by atoms with Crippen LogP contribution in [0.4, 0.5) is 10.5 Å². The van der Waals surface area contributed by atoms with Crippen LogP contribution in [-0.2, 0) is 14.9 Å². The van der Waals surface area contributed by atoms with Gasteiger partial charge < -0.3 is 9.47 Å². The molecule has 0 saturated carbocycles. The summed E-state index contributed by atoms with van der Waals surface area (Å²) in [6, 6.07) is 12.2. The van der Waals surface area contributed by atoms with E-state index in [2.05, 4.69) is 0 Å². The van der Waals surface area contributed by atoms with Crippen molar-refractivity contribution in [1.29, 1.82) is 0 Å². The summed E-state index contributed by atoms with van der Waals surface area (Å²) in [6.45, 7) is 10.1. The molecule has 0 aromatic heterocycles. The van der Waals surface area contributed by atoms with E-state index in [1.165, 1.54) is 6.07 Å². The summed E-state index contributed by atoms with van der Waals surface area (Å²) < 4.78 is 41.0. The normalized spacial score (nSPS) is 13.5. The van der Waals surface area contributed by atoms with Crippen molar-refractivity contribution in [2.75, 3.05) is 18.1 Å². The molecular formula is C21H27NO6S. The number of carbonyl (C=O) groups is 1. The van der Waals surface area contributed by atoms with Crippen LogP contribution >= 0.6 is 0 Å². The molecule has 29 heavy (non-hydrogen) atoms. The quantitative estimate of drug-likeness (QED) is 0.687. The van der Waals surface area contributed by atoms with Crippen LogP contribution in [0.15, 0.2) is 47.4 Å². The lowest BCUT2D eigenvalue weighted by Gasteiger charge is -2.31. The van der Waals surface area contributed by atoms with Crippen molar-refractivity contribution in [2.45, 2.75) is 45.1 Å². The fourth-order valence-electron chi connectivity index (χ4n) is 2.76. The number of aryl methyl sites for hydroxylation is 2. The molecule has 8 heteroatoms. The van der Waals surface area contributed by atoms with E-state index in [9.17, 15) is 13.2 Å². The summed E-state index contributed by atoms with van der Waals surface area (Å²) in [4.78, 5) is 13.6. The van der Waals surface area contributed by atoms with Gasteiger partial charge in [0.25, 0.3) is 10.1 Å². The van der Waals surface area contributed by atoms with Crippen LogP contribution in [0.3, 0.4) is 0 Å². The van der Waals surface area contributed by atoms with Gasteiger partial charge in [0.2, 0.25) is 0 Å². The van der Waals surface area contributed by atoms with Crippen LogP contribution in [-0.4, -0.2) is 37.8 Å². The van der Waals surface area contributed by atoms with Crippen molar-refractivity contribution >= 4 is 21.9 Å². The molecule has 0 radical (unpaired) electrons. The lowest BCUT2D eigenvalue weighted by Crippen LogP contribution is -2.41. The topological polar surface area (TPSA) is 93.1 Å². The zero-order valence-electron chi connectivity index (χ0n) is 17.3. The Bertz CT molecular complexity index is 979. The highest BCUT2D eigenvalue weighted by Gasteiger charge is 2.27. The number of hydrogen-bond donors (Lipinski definition) is 1. The molecule has 0 unspecified atom stereocenters. The zero-order chi connectivity index (χ0) is 21.8. The monoisotopic (exact) mass is 421 g/mol. The number of hydrogen-bond acceptors (Lipinski definition) is 5. The fourth-order valence-corrected chi connectivity index (χ4v) is 3.47. The van der Waals surface area contributed by atoms with E-state index in [0.717, 1.165) is 17.0 Å². The maximum Gasteiger partial charge on any atom is 0.415 e. The average Bonchev–Trinajstić information content (AvgIpc) is 2.59. The zero-order valence-corrected chi connectivity index (χ0v) is 18.1. The van der Waals surface area contributed by atoms with Gasteiger partial charge in [0.15, 0.2) is 0 Å². The Labute approximate surface area is 172 Å². The first kappa shape index (κ1) is 22.7. The van der Waals surface area contributed by atoms with E-state index in [1.807, 2.05) is 52.0 Å². The molecule has 1 N–H and O–H groups in total. The largest absolute Gasteiger partial charge is 0.490 e. The van der Waals surface area contributed by atoms with E-state index in [4.69, 9.17) is 14.0 Å². The van der Waals surface area contributed by atoms with Crippen LogP contribution in [0.5, 0.6) is 5.75 Å². The molecule has 0 saturated heterocycles. The Morgan fingerprint density at radius 1 is 1.14 bits per heavy atom. The summed E-state index contributed by atoms with van der Waals surface area (Å²) in [7, 11) is -4.05. The van der Waals surface area contributed by atoms with Crippen molar-refractivity contribution in [3.63, 3.8) is 0 Å². The Hall–Kier alpha value is -2.58. The summed E-state index contributed by atoms with van der Waals surface area (Å²) in [6.07, 6.45) is -0.326. The maximum atomic E-state index is 12.0. The fraction of sp³-hybridized carbons (Fsp3) is 0.381. The van der Waals surface area contributed by atoms with Crippen molar-refractivity contribution in [3.05, 3.63) is 53.6 Å². The Balaban J connectivity index is 0.000000221. The van der Waals surface area contributed by atoms with Gasteiger partial charge in [-0.15, -0.1) is 0 Å². The highest BCUT2D eigenvalue weighted by Crippen LogP contribution is 2.31. The second kappa shape index (κ2) is 8.84. The van der Waals surface area contributed by atoms with Crippen molar-refractivity contribution in [2.24, 2.45) is 0 Å². The van der Waals surface area contributed by atoms with Crippen molar-refractivity contribution in [3.8, 4) is 5.75 Å². The van der Waals surface area contributed by atoms with Crippen LogP contribution in [0.25, 0.3) is 0 Å². The second-order valence-corrected chi connectivity index (χ2v) is 9.08. The van der Waals surface area contributed by atoms with E-state index in [1.54, 1.807) is 24.0 Å². The number of nitrogens with zero attached hydrogens (tertiary/aromatic N) is 1. The van der Waals surface area contributed by atoms with Gasteiger partial charge in [-0.3, -0.25) is 9.45 Å². The number of fused-ring (bicyclic) bond motifs is 1. The van der Waals surface area contributed by atoms with E-state index in [0.29, 0.717) is 18.7 Å². The molecule has 1 heterocycles. The number of ether oxygens (including phenoxy) is 2. The summed E-state index contributed by atoms with van der Waals surface area (Å²) in [5, 5.41) is 0. The minimum atomic E-state index is -4.05. The molecule has 158 valence electrons. The maximum absolute atomic E-state index is 12.0. The van der Waals surface area contributed by atoms with Gasteiger partial charge in [-0.1, -0.05) is 29.8 Å². The van der Waals surface area contributed by atoms with Gasteiger partial charge in [0.05, 0.1) is 17.1 Å². The van der Waals surface area contributed by atoms with Crippen LogP contribution in [0, 0.1) is 13.8 Å². The highest BCUT2D eigenvalue weighted by atomic mass is 32.2. The first-order valence-corrected chi connectivity index (χ1v) is 10.6. The highest BCUT2D eigenvalue weighted by molar-refractivity contribution is 7.85. The Kier molecular flexibility index (Phi) is 6.92. The third-order valence-electron chi connectivity index (χ3n) is 3.95. The van der Waals surface area contributed by atoms with Gasteiger partial charge in [-0.25, -0.2) is 4.79 Å². The van der Waals surface area contributed by atoms with Gasteiger partial charge in [-0.2, -0.15) is 8.42 Å². The predicted octanol–water partition coefficient (Wildman–Crippen LogP) is 4.37. The number of amides is 1. The number of carbonyl (C=O) groups excluding carboxylic acids is 1. The molecule has 1 aliphatic rings. The summed E-state index contributed by atoms with van der Waals surface area (Å²) in [5.41, 5.74) is 1.83. The van der Waals surface area contributed by atoms with Crippen molar-refractivity contribution in [1.82, 2.24) is 0 Å². The second-order valence-electron chi connectivity index (χ2n) is 7.69. The average molecular weight is 422 g/mol. The van der Waals surface area contributed by atoms with E-state index < -0.39 is 15.7 Å². The van der Waals surface area contributed by atoms with Gasteiger partial charge in [0, 0.05) is 0 Å². The summed E-state index contributed by atoms with van der Waals surface area (Å²) >= 11 is 0. The molecule has 0 bridgehead atoms. The molecule has 2 aromatic carbocycles. The standard InChI is InChI=1S/C13H17NO3.C8H10O3S/c1-13(2,3)17-12(15)14-8-9-16-11-7-5-4-6-10(11)14;1-6-3-4-8(7(2)5-6)12(9,10)11/h4-7H,8-9H2,1-3H3;3-5H,1-2H3,(H,9,10,11). The van der Waals surface area contributed by atoms with Crippen LogP contribution in [0.1, 0.15) is 31.9 Å². The molecular weight excluding hydrogens is 394 g/mol. The Morgan fingerprint density at radius 3 is 2.38 bits per heavy atom. The molecule has 2 aromatic rings. The van der Waals surface area contributed by atoms with E-state index >= 15 is 0 Å². The summed E-state index contributed by atoms with van der Waals surface area (Å²) in [5.74, 6) is 0.726. The molecule has 1 amide bonds. The smallest absolute Gasteiger partial charge is 0.415 e. The minimum absolute atomic E-state index is 0.0203. The number of para-hydroxylation sites is 2. The van der Waals surface area contributed by atoms with Gasteiger partial charge in [0.1, 0.15) is 18.0 Å². The third kappa shape index (κ3) is 6.47. The Morgan fingerprint density at radius 2 is 1.79 bits per heavy atom. The predicted molar refractivity (Wildman–Crippen MR) is 111 cm³/mol. The molecule has 7 nitrogen and oxygen atoms in total. The van der Waals surface area contributed by atoms with Crippen molar-refractivity contribution < 1.29 is 27.2 Å².